The molecule has 2 heterocycles. The van der Waals surface area contributed by atoms with Crippen LogP contribution in [-0.4, -0.2) is 49.4 Å². The number of nitrogens with zero attached hydrogens (tertiary/aromatic N) is 2. The van der Waals surface area contributed by atoms with Crippen LogP contribution in [0.15, 0.2) is 38.8 Å². The lowest BCUT2D eigenvalue weighted by Crippen LogP contribution is -2.31. The fourth-order valence-electron chi connectivity index (χ4n) is 2.97. The summed E-state index contributed by atoms with van der Waals surface area (Å²) in [7, 11) is 1.53. The van der Waals surface area contributed by atoms with Gasteiger partial charge >= 0.3 is 0 Å². The Balaban J connectivity index is 1.93. The number of amides is 1. The minimum absolute atomic E-state index is 0.111. The van der Waals surface area contributed by atoms with Crippen molar-refractivity contribution in [1.29, 1.82) is 0 Å². The minimum Gasteiger partial charge on any atom is -0.480 e. The Morgan fingerprint density at radius 3 is 3.00 bits per heavy atom. The fraction of sp³-hybridized carbons (Fsp3) is 0.316. The summed E-state index contributed by atoms with van der Waals surface area (Å²) < 4.78 is 34.1. The molecule has 0 radical (unpaired) electrons. The maximum Gasteiger partial charge on any atom is 0.298 e. The molecule has 2 aromatic rings. The van der Waals surface area contributed by atoms with Crippen LogP contribution in [0.2, 0.25) is 0 Å². The highest BCUT2D eigenvalue weighted by Gasteiger charge is 2.35. The van der Waals surface area contributed by atoms with E-state index in [1.165, 1.54) is 17.8 Å². The van der Waals surface area contributed by atoms with Crippen molar-refractivity contribution in [2.75, 3.05) is 36.9 Å². The average molecular weight is 455 g/mol. The van der Waals surface area contributed by atoms with Gasteiger partial charge in [0, 0.05) is 30.9 Å². The molecule has 31 heavy (non-hydrogen) atoms. The predicted octanol–water partition coefficient (Wildman–Crippen LogP) is 1.57. The van der Waals surface area contributed by atoms with Crippen molar-refractivity contribution in [1.82, 2.24) is 9.88 Å². The Hall–Kier alpha value is -3.34. The number of hydrogen-bond donors (Lipinski definition) is 4. The number of allylic oxidation sites excluding steroid dienone is 1. The first kappa shape index (κ1) is 22.3. The van der Waals surface area contributed by atoms with Crippen molar-refractivity contribution in [2.24, 2.45) is 17.8 Å². The first-order valence-electron chi connectivity index (χ1n) is 9.24. The van der Waals surface area contributed by atoms with Gasteiger partial charge in [0.2, 0.25) is 12.2 Å². The van der Waals surface area contributed by atoms with Gasteiger partial charge in [-0.15, -0.1) is 0 Å². The molecule has 1 amide bonds. The van der Waals surface area contributed by atoms with Gasteiger partial charge in [-0.1, -0.05) is 11.6 Å². The molecule has 1 aromatic carbocycles. The zero-order chi connectivity index (χ0) is 22.6. The highest BCUT2D eigenvalue weighted by atomic mass is 35.5. The monoisotopic (exact) mass is 454 g/mol. The van der Waals surface area contributed by atoms with Gasteiger partial charge in [0.25, 0.3) is 11.5 Å². The Morgan fingerprint density at radius 2 is 2.26 bits per heavy atom. The molecule has 1 aromatic heterocycles. The van der Waals surface area contributed by atoms with Crippen LogP contribution in [0.3, 0.4) is 0 Å². The van der Waals surface area contributed by atoms with Crippen molar-refractivity contribution >= 4 is 46.5 Å². The van der Waals surface area contributed by atoms with E-state index in [0.717, 1.165) is 0 Å². The highest BCUT2D eigenvalue weighted by Crippen LogP contribution is 2.35. The maximum atomic E-state index is 13.8. The maximum absolute atomic E-state index is 13.8. The van der Waals surface area contributed by atoms with Crippen LogP contribution < -0.4 is 32.0 Å². The van der Waals surface area contributed by atoms with E-state index in [-0.39, 0.29) is 22.3 Å². The predicted molar refractivity (Wildman–Crippen MR) is 116 cm³/mol. The van der Waals surface area contributed by atoms with Crippen molar-refractivity contribution < 1.29 is 18.3 Å². The van der Waals surface area contributed by atoms with Gasteiger partial charge in [0.15, 0.2) is 6.61 Å². The fourth-order valence-corrected chi connectivity index (χ4v) is 3.09. The molecule has 166 valence electrons. The number of anilines is 2. The summed E-state index contributed by atoms with van der Waals surface area (Å²) in [5, 5.41) is 8.66. The number of ether oxygens (including phenoxy) is 1. The summed E-state index contributed by atoms with van der Waals surface area (Å²) in [5.41, 5.74) is 6.67. The number of halogens is 3. The van der Waals surface area contributed by atoms with Crippen LogP contribution in [0.1, 0.15) is 0 Å². The lowest BCUT2D eigenvalue weighted by atomic mass is 10.1. The van der Waals surface area contributed by atoms with Crippen molar-refractivity contribution in [3.8, 4) is 5.75 Å². The van der Waals surface area contributed by atoms with E-state index in [1.54, 1.807) is 18.2 Å². The molecular formula is C19H21ClF2N6O3. The zero-order valence-electron chi connectivity index (χ0n) is 16.5. The van der Waals surface area contributed by atoms with E-state index in [9.17, 15) is 18.4 Å². The number of aryl methyl sites for hydroxylation is 1. The standard InChI is InChI=1S/C19H21ClF2N6O3/c1-28-14-3-2-11(27-17(23)13(20)7-24-4-5-25-10-29)6-12(14)15-16(18(28)30)31-9-19(21,22)8-26-15/h2-3,6-7,10,26-27H,4-5,8-9,23H2,1H3,(H,25,29)/b17-13-,24-7-. The molecule has 3 rings (SSSR count). The van der Waals surface area contributed by atoms with Crippen LogP contribution in [-0.2, 0) is 11.8 Å². The molecule has 5 N–H and O–H groups in total. The summed E-state index contributed by atoms with van der Waals surface area (Å²) in [6.45, 7) is -0.864. The number of alkyl halides is 2. The average Bonchev–Trinajstić information content (AvgIpc) is 2.90. The third kappa shape index (κ3) is 5.05. The Kier molecular flexibility index (Phi) is 6.64. The highest BCUT2D eigenvalue weighted by molar-refractivity contribution is 6.39. The number of nitrogens with one attached hydrogen (secondary N) is 3. The molecule has 0 bridgehead atoms. The molecule has 0 saturated carbocycles. The third-order valence-corrected chi connectivity index (χ3v) is 4.82. The lowest BCUT2D eigenvalue weighted by Gasteiger charge is -2.15. The molecule has 0 aliphatic carbocycles. The summed E-state index contributed by atoms with van der Waals surface area (Å²) in [4.78, 5) is 26.8. The van der Waals surface area contributed by atoms with Crippen molar-refractivity contribution in [3.05, 3.63) is 39.4 Å². The normalized spacial score (nSPS) is 16.0. The van der Waals surface area contributed by atoms with Gasteiger partial charge in [-0.2, -0.15) is 0 Å². The van der Waals surface area contributed by atoms with Gasteiger partial charge in [0.05, 0.1) is 29.3 Å². The number of carbonyl (C=O) groups excluding carboxylic acids is 1. The minimum atomic E-state index is -3.12. The van der Waals surface area contributed by atoms with Gasteiger partial charge < -0.3 is 31.0 Å². The van der Waals surface area contributed by atoms with Crippen molar-refractivity contribution in [3.63, 3.8) is 0 Å². The molecule has 0 saturated heterocycles. The molecule has 1 aliphatic heterocycles. The van der Waals surface area contributed by atoms with E-state index in [0.29, 0.717) is 36.1 Å². The van der Waals surface area contributed by atoms with Crippen LogP contribution in [0.4, 0.5) is 20.2 Å². The number of fused-ring (bicyclic) bond motifs is 3. The van der Waals surface area contributed by atoms with Crippen molar-refractivity contribution in [2.45, 2.75) is 5.92 Å². The number of rotatable bonds is 7. The zero-order valence-corrected chi connectivity index (χ0v) is 17.3. The van der Waals surface area contributed by atoms with E-state index >= 15 is 0 Å². The summed E-state index contributed by atoms with van der Waals surface area (Å²) >= 11 is 6.12. The number of aromatic nitrogens is 1. The number of benzene rings is 1. The number of pyridine rings is 1. The summed E-state index contributed by atoms with van der Waals surface area (Å²) in [6.07, 6.45) is 1.92. The first-order valence-corrected chi connectivity index (χ1v) is 9.61. The third-order valence-electron chi connectivity index (χ3n) is 4.51. The molecule has 0 atom stereocenters. The Bertz CT molecular complexity index is 1120. The van der Waals surface area contributed by atoms with Crippen LogP contribution in [0, 0.1) is 0 Å². The van der Waals surface area contributed by atoms with Crippen LogP contribution in [0.5, 0.6) is 5.75 Å². The van der Waals surface area contributed by atoms with Gasteiger partial charge in [-0.05, 0) is 18.2 Å². The second-order valence-corrected chi connectivity index (χ2v) is 7.20. The SMILES string of the molecule is Cn1c(=O)c2c(c3cc(N/C(N)=C(Cl)/C=N\CCNC=O)ccc31)NCC(F)(F)CO2. The summed E-state index contributed by atoms with van der Waals surface area (Å²) in [6, 6.07) is 4.97. The molecule has 0 unspecified atom stereocenters. The summed E-state index contributed by atoms with van der Waals surface area (Å²) in [5.74, 6) is -3.17. The van der Waals surface area contributed by atoms with E-state index in [1.807, 2.05) is 0 Å². The van der Waals surface area contributed by atoms with E-state index in [4.69, 9.17) is 22.1 Å². The van der Waals surface area contributed by atoms with Gasteiger partial charge in [0.1, 0.15) is 5.82 Å². The second-order valence-electron chi connectivity index (χ2n) is 6.79. The van der Waals surface area contributed by atoms with Crippen LogP contribution >= 0.6 is 11.6 Å². The quantitative estimate of drug-likeness (QED) is 0.286. The van der Waals surface area contributed by atoms with E-state index in [2.05, 4.69) is 20.9 Å². The largest absolute Gasteiger partial charge is 0.480 e. The van der Waals surface area contributed by atoms with Gasteiger partial charge in [-0.25, -0.2) is 8.78 Å². The first-order chi connectivity index (χ1) is 14.7. The second kappa shape index (κ2) is 9.21. The Labute approximate surface area is 180 Å². The number of aliphatic imine (C=N–C) groups is 1. The smallest absolute Gasteiger partial charge is 0.298 e. The number of hydrogen-bond acceptors (Lipinski definition) is 7. The molecule has 0 fully saturated rings. The van der Waals surface area contributed by atoms with Gasteiger partial charge in [-0.3, -0.25) is 14.6 Å². The van der Waals surface area contributed by atoms with E-state index < -0.39 is 24.6 Å². The topological polar surface area (TPSA) is 123 Å². The lowest BCUT2D eigenvalue weighted by molar-refractivity contribution is -0.109. The molecule has 0 spiro atoms. The Morgan fingerprint density at radius 1 is 1.48 bits per heavy atom. The number of carbonyl (C=O) groups is 1. The number of nitrogens with two attached hydrogens (primary N) is 1. The molecule has 9 nitrogen and oxygen atoms in total. The molecular weight excluding hydrogens is 434 g/mol. The molecule has 1 aliphatic rings. The van der Waals surface area contributed by atoms with Crippen LogP contribution in [0.25, 0.3) is 10.9 Å². The molecule has 12 heteroatoms.